The lowest BCUT2D eigenvalue weighted by Gasteiger charge is -2.10. The molecule has 1 fully saturated rings. The lowest BCUT2D eigenvalue weighted by Crippen LogP contribution is -2.30. The SMILES string of the molecule is O=C1NC(=O)N(c2ccc(F)cc2)C1=O. The maximum absolute atomic E-state index is 12.6. The number of rotatable bonds is 1. The van der Waals surface area contributed by atoms with Crippen LogP contribution in [0.15, 0.2) is 24.3 Å². The molecule has 0 aliphatic carbocycles. The Bertz CT molecular complexity index is 455. The van der Waals surface area contributed by atoms with Gasteiger partial charge < -0.3 is 0 Å². The molecule has 0 aromatic heterocycles. The molecule has 6 heteroatoms. The number of benzene rings is 1. The van der Waals surface area contributed by atoms with Crippen molar-refractivity contribution < 1.29 is 18.8 Å². The minimum absolute atomic E-state index is 0.157. The molecule has 2 rings (SSSR count). The molecule has 1 N–H and O–H groups in total. The van der Waals surface area contributed by atoms with Gasteiger partial charge in [-0.05, 0) is 24.3 Å². The summed E-state index contributed by atoms with van der Waals surface area (Å²) in [6.45, 7) is 0. The Labute approximate surface area is 83.5 Å². The average molecular weight is 208 g/mol. The Morgan fingerprint density at radius 1 is 1.07 bits per heavy atom. The molecule has 0 radical (unpaired) electrons. The molecule has 1 aliphatic rings. The van der Waals surface area contributed by atoms with Gasteiger partial charge in [-0.3, -0.25) is 14.9 Å². The molecule has 76 valence electrons. The van der Waals surface area contributed by atoms with Crippen molar-refractivity contribution in [3.8, 4) is 0 Å². The molecule has 1 aromatic rings. The average Bonchev–Trinajstić information content (AvgIpc) is 2.44. The zero-order valence-corrected chi connectivity index (χ0v) is 7.36. The van der Waals surface area contributed by atoms with Crippen LogP contribution in [-0.2, 0) is 9.59 Å². The Hall–Kier alpha value is -2.24. The highest BCUT2D eigenvalue weighted by Crippen LogP contribution is 2.17. The summed E-state index contributed by atoms with van der Waals surface area (Å²) in [6, 6.07) is 3.85. The van der Waals surface area contributed by atoms with E-state index in [1.807, 2.05) is 5.32 Å². The molecule has 1 aliphatic heterocycles. The van der Waals surface area contributed by atoms with Crippen molar-refractivity contribution in [2.45, 2.75) is 0 Å². The number of halogens is 1. The first-order chi connectivity index (χ1) is 7.09. The van der Waals surface area contributed by atoms with E-state index in [-0.39, 0.29) is 5.69 Å². The topological polar surface area (TPSA) is 66.5 Å². The molecule has 0 atom stereocenters. The quantitative estimate of drug-likeness (QED) is 0.536. The summed E-state index contributed by atoms with van der Waals surface area (Å²) >= 11 is 0. The molecule has 15 heavy (non-hydrogen) atoms. The first kappa shape index (κ1) is 9.32. The van der Waals surface area contributed by atoms with Gasteiger partial charge in [-0.25, -0.2) is 14.1 Å². The molecule has 0 saturated carbocycles. The fourth-order valence-electron chi connectivity index (χ4n) is 1.22. The number of anilines is 1. The van der Waals surface area contributed by atoms with E-state index in [9.17, 15) is 18.8 Å². The van der Waals surface area contributed by atoms with Gasteiger partial charge in [0.15, 0.2) is 0 Å². The van der Waals surface area contributed by atoms with Gasteiger partial charge in [-0.15, -0.1) is 0 Å². The number of carbonyl (C=O) groups is 3. The van der Waals surface area contributed by atoms with Gasteiger partial charge in [-0.2, -0.15) is 0 Å². The summed E-state index contributed by atoms with van der Waals surface area (Å²) < 4.78 is 12.6. The lowest BCUT2D eigenvalue weighted by atomic mass is 10.3. The number of amides is 4. The van der Waals surface area contributed by atoms with Gasteiger partial charge >= 0.3 is 17.8 Å². The van der Waals surface area contributed by atoms with E-state index in [4.69, 9.17) is 0 Å². The zero-order chi connectivity index (χ0) is 11.0. The summed E-state index contributed by atoms with van der Waals surface area (Å²) in [5, 5.41) is 1.83. The van der Waals surface area contributed by atoms with Crippen LogP contribution in [-0.4, -0.2) is 17.8 Å². The van der Waals surface area contributed by atoms with E-state index >= 15 is 0 Å². The van der Waals surface area contributed by atoms with Crippen molar-refractivity contribution in [3.63, 3.8) is 0 Å². The van der Waals surface area contributed by atoms with Gasteiger partial charge in [0.25, 0.3) is 0 Å². The van der Waals surface area contributed by atoms with Gasteiger partial charge in [-0.1, -0.05) is 0 Å². The van der Waals surface area contributed by atoms with Crippen molar-refractivity contribution in [2.75, 3.05) is 4.90 Å². The first-order valence-corrected chi connectivity index (χ1v) is 4.04. The van der Waals surface area contributed by atoms with Crippen LogP contribution in [0.3, 0.4) is 0 Å². The monoisotopic (exact) mass is 208 g/mol. The van der Waals surface area contributed by atoms with Gasteiger partial charge in [0.05, 0.1) is 5.69 Å². The third-order valence-electron chi connectivity index (χ3n) is 1.91. The van der Waals surface area contributed by atoms with E-state index in [1.54, 1.807) is 0 Å². The summed E-state index contributed by atoms with van der Waals surface area (Å²) in [5.74, 6) is -2.44. The number of urea groups is 1. The van der Waals surface area contributed by atoms with Gasteiger partial charge in [0, 0.05) is 0 Å². The molecule has 0 spiro atoms. The molecule has 0 unspecified atom stereocenters. The van der Waals surface area contributed by atoms with Crippen molar-refractivity contribution >= 4 is 23.5 Å². The van der Waals surface area contributed by atoms with Crippen LogP contribution in [0.25, 0.3) is 0 Å². The Balaban J connectivity index is 2.39. The molecule has 0 bridgehead atoms. The van der Waals surface area contributed by atoms with E-state index in [1.165, 1.54) is 12.1 Å². The number of nitrogens with zero attached hydrogens (tertiary/aromatic N) is 1. The van der Waals surface area contributed by atoms with E-state index < -0.39 is 23.7 Å². The molecule has 1 aromatic carbocycles. The summed E-state index contributed by atoms with van der Waals surface area (Å²) in [6.07, 6.45) is 0. The molecule has 1 heterocycles. The number of nitrogens with one attached hydrogen (secondary N) is 1. The van der Waals surface area contributed by atoms with Gasteiger partial charge in [0.2, 0.25) is 0 Å². The van der Waals surface area contributed by atoms with Crippen LogP contribution in [0.4, 0.5) is 14.9 Å². The largest absolute Gasteiger partial charge is 0.336 e. The predicted octanol–water partition coefficient (Wildman–Crippen LogP) is 0.409. The minimum atomic E-state index is -0.982. The normalized spacial score (nSPS) is 15.8. The Kier molecular flexibility index (Phi) is 1.96. The van der Waals surface area contributed by atoms with Crippen LogP contribution >= 0.6 is 0 Å². The van der Waals surface area contributed by atoms with Gasteiger partial charge in [0.1, 0.15) is 5.82 Å². The molecule has 1 saturated heterocycles. The number of imide groups is 2. The van der Waals surface area contributed by atoms with Crippen LogP contribution in [0, 0.1) is 5.82 Å². The first-order valence-electron chi connectivity index (χ1n) is 4.04. The van der Waals surface area contributed by atoms with Crippen molar-refractivity contribution in [1.29, 1.82) is 0 Å². The van der Waals surface area contributed by atoms with Crippen molar-refractivity contribution in [3.05, 3.63) is 30.1 Å². The minimum Gasteiger partial charge on any atom is -0.269 e. The van der Waals surface area contributed by atoms with Crippen LogP contribution in [0.1, 0.15) is 0 Å². The second-order valence-electron chi connectivity index (χ2n) is 2.88. The fraction of sp³-hybridized carbons (Fsp3) is 0. The third kappa shape index (κ3) is 1.45. The fourth-order valence-corrected chi connectivity index (χ4v) is 1.22. The molecule has 5 nitrogen and oxygen atoms in total. The molecular formula is C9H5FN2O3. The van der Waals surface area contributed by atoms with E-state index in [0.29, 0.717) is 4.90 Å². The second-order valence-corrected chi connectivity index (χ2v) is 2.88. The summed E-state index contributed by atoms with van der Waals surface area (Å²) in [7, 11) is 0. The van der Waals surface area contributed by atoms with E-state index in [0.717, 1.165) is 12.1 Å². The standard InChI is InChI=1S/C9H5FN2O3/c10-5-1-3-6(4-2-5)12-8(14)7(13)11-9(12)15/h1-4H,(H,11,13,15). The summed E-state index contributed by atoms with van der Waals surface area (Å²) in [4.78, 5) is 33.9. The third-order valence-corrected chi connectivity index (χ3v) is 1.91. The predicted molar refractivity (Wildman–Crippen MR) is 47.4 cm³/mol. The smallest absolute Gasteiger partial charge is 0.269 e. The number of carbonyl (C=O) groups excluding carboxylic acids is 3. The highest BCUT2D eigenvalue weighted by atomic mass is 19.1. The number of hydrogen-bond acceptors (Lipinski definition) is 3. The zero-order valence-electron chi connectivity index (χ0n) is 7.36. The maximum Gasteiger partial charge on any atom is 0.336 e. The van der Waals surface area contributed by atoms with Crippen LogP contribution in [0.5, 0.6) is 0 Å². The lowest BCUT2D eigenvalue weighted by molar-refractivity contribution is -0.134. The summed E-state index contributed by atoms with van der Waals surface area (Å²) in [5.41, 5.74) is 0.157. The van der Waals surface area contributed by atoms with Crippen molar-refractivity contribution in [2.24, 2.45) is 0 Å². The van der Waals surface area contributed by atoms with Crippen LogP contribution in [0.2, 0.25) is 0 Å². The second kappa shape index (κ2) is 3.16. The Morgan fingerprint density at radius 2 is 1.67 bits per heavy atom. The number of hydrogen-bond donors (Lipinski definition) is 1. The molecular weight excluding hydrogens is 203 g/mol. The highest BCUT2D eigenvalue weighted by Gasteiger charge is 2.37. The maximum atomic E-state index is 12.6. The highest BCUT2D eigenvalue weighted by molar-refractivity contribution is 6.53. The molecule has 4 amide bonds. The Morgan fingerprint density at radius 3 is 2.13 bits per heavy atom. The van der Waals surface area contributed by atoms with E-state index in [2.05, 4.69) is 0 Å². The van der Waals surface area contributed by atoms with Crippen molar-refractivity contribution in [1.82, 2.24) is 5.32 Å². The van der Waals surface area contributed by atoms with Crippen LogP contribution < -0.4 is 10.2 Å².